The van der Waals surface area contributed by atoms with Crippen molar-refractivity contribution in [2.45, 2.75) is 39.2 Å². The summed E-state index contributed by atoms with van der Waals surface area (Å²) in [5.41, 5.74) is 15.2. The summed E-state index contributed by atoms with van der Waals surface area (Å²) in [5, 5.41) is 3.34. The number of anilines is 1. The SMILES string of the molecule is Cc1cc(C(C)(C)C)ccc1NCC(N)CN. The highest BCUT2D eigenvalue weighted by Crippen LogP contribution is 2.26. The summed E-state index contributed by atoms with van der Waals surface area (Å²) in [5.74, 6) is 0. The van der Waals surface area contributed by atoms with Crippen LogP contribution in [0.4, 0.5) is 5.69 Å². The lowest BCUT2D eigenvalue weighted by molar-refractivity contribution is 0.590. The summed E-state index contributed by atoms with van der Waals surface area (Å²) in [6.45, 7) is 10.0. The van der Waals surface area contributed by atoms with Crippen molar-refractivity contribution in [3.05, 3.63) is 29.3 Å². The second-order valence-corrected chi connectivity index (χ2v) is 5.66. The molecule has 0 amide bonds. The molecular formula is C14H25N3. The lowest BCUT2D eigenvalue weighted by atomic mass is 9.86. The van der Waals surface area contributed by atoms with Crippen LogP contribution < -0.4 is 16.8 Å². The number of nitrogens with one attached hydrogen (secondary N) is 1. The van der Waals surface area contributed by atoms with Crippen LogP contribution in [0.1, 0.15) is 31.9 Å². The van der Waals surface area contributed by atoms with E-state index in [2.05, 4.69) is 51.2 Å². The van der Waals surface area contributed by atoms with Gasteiger partial charge in [0.25, 0.3) is 0 Å². The minimum atomic E-state index is 0.0108. The first-order chi connectivity index (χ1) is 7.84. The van der Waals surface area contributed by atoms with Crippen molar-refractivity contribution in [2.24, 2.45) is 11.5 Å². The summed E-state index contributed by atoms with van der Waals surface area (Å²) in [6, 6.07) is 6.54. The fraction of sp³-hybridized carbons (Fsp3) is 0.571. The average molecular weight is 235 g/mol. The molecule has 0 saturated heterocycles. The van der Waals surface area contributed by atoms with Gasteiger partial charge in [-0.25, -0.2) is 0 Å². The molecule has 1 atom stereocenters. The Morgan fingerprint density at radius 2 is 1.94 bits per heavy atom. The van der Waals surface area contributed by atoms with Gasteiger partial charge in [-0.1, -0.05) is 32.9 Å². The molecule has 1 aromatic carbocycles. The molecule has 0 bridgehead atoms. The van der Waals surface area contributed by atoms with Gasteiger partial charge < -0.3 is 16.8 Å². The molecule has 0 heterocycles. The molecule has 96 valence electrons. The molecule has 0 aliphatic heterocycles. The summed E-state index contributed by atoms with van der Waals surface area (Å²) in [6.07, 6.45) is 0. The highest BCUT2D eigenvalue weighted by atomic mass is 14.9. The second-order valence-electron chi connectivity index (χ2n) is 5.66. The second kappa shape index (κ2) is 5.52. The van der Waals surface area contributed by atoms with Gasteiger partial charge in [-0.15, -0.1) is 0 Å². The smallest absolute Gasteiger partial charge is 0.0370 e. The molecule has 0 aromatic heterocycles. The molecular weight excluding hydrogens is 210 g/mol. The first-order valence-corrected chi connectivity index (χ1v) is 6.15. The van der Waals surface area contributed by atoms with Gasteiger partial charge in [0.05, 0.1) is 0 Å². The van der Waals surface area contributed by atoms with Gasteiger partial charge >= 0.3 is 0 Å². The number of hydrogen-bond acceptors (Lipinski definition) is 3. The lowest BCUT2D eigenvalue weighted by Gasteiger charge is -2.21. The van der Waals surface area contributed by atoms with E-state index in [9.17, 15) is 0 Å². The molecule has 5 N–H and O–H groups in total. The van der Waals surface area contributed by atoms with Gasteiger partial charge in [0.1, 0.15) is 0 Å². The maximum Gasteiger partial charge on any atom is 0.0370 e. The number of aryl methyl sites for hydroxylation is 1. The van der Waals surface area contributed by atoms with Crippen molar-refractivity contribution in [1.82, 2.24) is 0 Å². The van der Waals surface area contributed by atoms with E-state index in [1.165, 1.54) is 11.1 Å². The van der Waals surface area contributed by atoms with Crippen LogP contribution in [-0.4, -0.2) is 19.1 Å². The molecule has 17 heavy (non-hydrogen) atoms. The molecule has 1 rings (SSSR count). The topological polar surface area (TPSA) is 64.1 Å². The van der Waals surface area contributed by atoms with Gasteiger partial charge in [0, 0.05) is 24.8 Å². The molecule has 0 aliphatic rings. The number of benzene rings is 1. The quantitative estimate of drug-likeness (QED) is 0.748. The summed E-state index contributed by atoms with van der Waals surface area (Å²) >= 11 is 0. The number of hydrogen-bond donors (Lipinski definition) is 3. The minimum absolute atomic E-state index is 0.0108. The zero-order valence-electron chi connectivity index (χ0n) is 11.4. The van der Waals surface area contributed by atoms with E-state index in [-0.39, 0.29) is 11.5 Å². The third-order valence-electron chi connectivity index (χ3n) is 2.95. The van der Waals surface area contributed by atoms with Gasteiger partial charge in [-0.3, -0.25) is 0 Å². The van der Waals surface area contributed by atoms with Gasteiger partial charge in [-0.2, -0.15) is 0 Å². The predicted molar refractivity (Wildman–Crippen MR) is 75.4 cm³/mol. The van der Waals surface area contributed by atoms with E-state index < -0.39 is 0 Å². The van der Waals surface area contributed by atoms with Crippen molar-refractivity contribution in [3.8, 4) is 0 Å². The molecule has 3 heteroatoms. The molecule has 0 radical (unpaired) electrons. The third kappa shape index (κ3) is 4.02. The Morgan fingerprint density at radius 1 is 1.29 bits per heavy atom. The predicted octanol–water partition coefficient (Wildman–Crippen LogP) is 1.99. The average Bonchev–Trinajstić information content (AvgIpc) is 2.25. The highest BCUT2D eigenvalue weighted by Gasteiger charge is 2.14. The van der Waals surface area contributed by atoms with Crippen LogP contribution >= 0.6 is 0 Å². The zero-order chi connectivity index (χ0) is 13.1. The first kappa shape index (κ1) is 14.0. The fourth-order valence-electron chi connectivity index (χ4n) is 1.65. The Bertz CT molecular complexity index is 366. The van der Waals surface area contributed by atoms with E-state index in [1.807, 2.05) is 0 Å². The molecule has 0 saturated carbocycles. The Hall–Kier alpha value is -1.06. The van der Waals surface area contributed by atoms with Crippen molar-refractivity contribution in [1.29, 1.82) is 0 Å². The monoisotopic (exact) mass is 235 g/mol. The van der Waals surface area contributed by atoms with Crippen molar-refractivity contribution >= 4 is 5.69 Å². The highest BCUT2D eigenvalue weighted by molar-refractivity contribution is 5.53. The molecule has 0 spiro atoms. The molecule has 1 aromatic rings. The standard InChI is InChI=1S/C14H25N3/c1-10-7-11(14(2,3)4)5-6-13(10)17-9-12(16)8-15/h5-7,12,17H,8-9,15-16H2,1-4H3. The van der Waals surface area contributed by atoms with E-state index in [1.54, 1.807) is 0 Å². The van der Waals surface area contributed by atoms with Crippen LogP contribution in [0.5, 0.6) is 0 Å². The summed E-state index contributed by atoms with van der Waals surface area (Å²) in [4.78, 5) is 0. The van der Waals surface area contributed by atoms with Crippen molar-refractivity contribution < 1.29 is 0 Å². The molecule has 3 nitrogen and oxygen atoms in total. The molecule has 0 aliphatic carbocycles. The fourth-order valence-corrected chi connectivity index (χ4v) is 1.65. The van der Waals surface area contributed by atoms with Crippen molar-refractivity contribution in [3.63, 3.8) is 0 Å². The number of rotatable bonds is 4. The molecule has 1 unspecified atom stereocenters. The Balaban J connectivity index is 2.77. The maximum absolute atomic E-state index is 5.78. The summed E-state index contributed by atoms with van der Waals surface area (Å²) < 4.78 is 0. The Labute approximate surface area is 105 Å². The van der Waals surface area contributed by atoms with E-state index in [0.29, 0.717) is 13.1 Å². The van der Waals surface area contributed by atoms with Crippen LogP contribution in [0.25, 0.3) is 0 Å². The summed E-state index contributed by atoms with van der Waals surface area (Å²) in [7, 11) is 0. The van der Waals surface area contributed by atoms with E-state index >= 15 is 0 Å². The van der Waals surface area contributed by atoms with Gasteiger partial charge in [0.15, 0.2) is 0 Å². The molecule has 0 fully saturated rings. The van der Waals surface area contributed by atoms with Crippen LogP contribution in [-0.2, 0) is 5.41 Å². The van der Waals surface area contributed by atoms with Crippen LogP contribution in [0, 0.1) is 6.92 Å². The van der Waals surface area contributed by atoms with Gasteiger partial charge in [-0.05, 0) is 29.5 Å². The number of nitrogens with two attached hydrogens (primary N) is 2. The van der Waals surface area contributed by atoms with E-state index in [4.69, 9.17) is 11.5 Å². The normalized spacial score (nSPS) is 13.5. The van der Waals surface area contributed by atoms with Crippen LogP contribution in [0.3, 0.4) is 0 Å². The first-order valence-electron chi connectivity index (χ1n) is 6.15. The van der Waals surface area contributed by atoms with Crippen molar-refractivity contribution in [2.75, 3.05) is 18.4 Å². The maximum atomic E-state index is 5.78. The van der Waals surface area contributed by atoms with Crippen LogP contribution in [0.15, 0.2) is 18.2 Å². The lowest BCUT2D eigenvalue weighted by Crippen LogP contribution is -2.36. The Kier molecular flexibility index (Phi) is 4.54. The van der Waals surface area contributed by atoms with E-state index in [0.717, 1.165) is 5.69 Å². The minimum Gasteiger partial charge on any atom is -0.383 e. The van der Waals surface area contributed by atoms with Crippen LogP contribution in [0.2, 0.25) is 0 Å². The zero-order valence-corrected chi connectivity index (χ0v) is 11.4. The Morgan fingerprint density at radius 3 is 2.41 bits per heavy atom. The van der Waals surface area contributed by atoms with Gasteiger partial charge in [0.2, 0.25) is 0 Å². The third-order valence-corrected chi connectivity index (χ3v) is 2.95. The largest absolute Gasteiger partial charge is 0.383 e.